The quantitative estimate of drug-likeness (QED) is 0.498. The van der Waals surface area contributed by atoms with E-state index in [1.54, 1.807) is 0 Å². The van der Waals surface area contributed by atoms with Crippen molar-refractivity contribution in [2.45, 2.75) is 12.3 Å². The maximum atomic E-state index is 12.4. The minimum Gasteiger partial charge on any atom is -0.501 e. The number of hydrogen-bond acceptors (Lipinski definition) is 4. The summed E-state index contributed by atoms with van der Waals surface area (Å²) in [6.07, 6.45) is -2.97. The van der Waals surface area contributed by atoms with Crippen LogP contribution in [0.15, 0.2) is 6.07 Å². The molecular formula is C7H5ClF2N2O3. The number of pyridine rings is 1. The number of nitro groups is 1. The molecule has 1 aromatic heterocycles. The smallest absolute Gasteiger partial charge is 0.406 e. The van der Waals surface area contributed by atoms with Crippen LogP contribution >= 0.6 is 11.6 Å². The topological polar surface area (TPSA) is 76.3 Å². The molecule has 8 heteroatoms. The molecule has 1 N–H and O–H groups in total. The van der Waals surface area contributed by atoms with Crippen molar-refractivity contribution in [3.8, 4) is 5.75 Å². The molecule has 1 aromatic rings. The van der Waals surface area contributed by atoms with Crippen molar-refractivity contribution in [3.63, 3.8) is 0 Å². The van der Waals surface area contributed by atoms with Gasteiger partial charge in [0, 0.05) is 5.56 Å². The van der Waals surface area contributed by atoms with Gasteiger partial charge in [-0.25, -0.2) is 8.78 Å². The molecule has 0 aromatic carbocycles. The zero-order chi connectivity index (χ0) is 11.6. The lowest BCUT2D eigenvalue weighted by Gasteiger charge is -2.02. The Hall–Kier alpha value is -1.50. The monoisotopic (exact) mass is 238 g/mol. The summed E-state index contributed by atoms with van der Waals surface area (Å²) in [5, 5.41) is 19.4. The van der Waals surface area contributed by atoms with Gasteiger partial charge in [-0.2, -0.15) is 0 Å². The summed E-state index contributed by atoms with van der Waals surface area (Å²) in [5.74, 6) is -2.09. The third kappa shape index (κ3) is 2.30. The fraction of sp³-hybridized carbons (Fsp3) is 0.286. The van der Waals surface area contributed by atoms with Crippen LogP contribution in [-0.4, -0.2) is 15.0 Å². The highest BCUT2D eigenvalue weighted by molar-refractivity contribution is 6.17. The molecule has 0 unspecified atom stereocenters. The zero-order valence-electron chi connectivity index (χ0n) is 7.15. The van der Waals surface area contributed by atoms with E-state index >= 15 is 0 Å². The number of rotatable bonds is 3. The van der Waals surface area contributed by atoms with E-state index in [-0.39, 0.29) is 11.4 Å². The van der Waals surface area contributed by atoms with E-state index in [1.807, 2.05) is 0 Å². The molecule has 0 fully saturated rings. The number of halogens is 3. The number of aromatic nitrogens is 1. The van der Waals surface area contributed by atoms with Crippen LogP contribution < -0.4 is 0 Å². The van der Waals surface area contributed by atoms with Crippen molar-refractivity contribution in [1.29, 1.82) is 0 Å². The van der Waals surface area contributed by atoms with Crippen molar-refractivity contribution in [2.75, 3.05) is 0 Å². The van der Waals surface area contributed by atoms with Gasteiger partial charge in [-0.05, 0) is 16.0 Å². The molecule has 0 amide bonds. The Kier molecular flexibility index (Phi) is 3.35. The van der Waals surface area contributed by atoms with E-state index in [0.29, 0.717) is 0 Å². The number of aromatic hydroxyl groups is 1. The normalized spacial score (nSPS) is 10.7. The average molecular weight is 239 g/mol. The first-order valence-electron chi connectivity index (χ1n) is 3.68. The lowest BCUT2D eigenvalue weighted by atomic mass is 10.2. The van der Waals surface area contributed by atoms with E-state index < -0.39 is 28.6 Å². The van der Waals surface area contributed by atoms with Crippen LogP contribution in [0, 0.1) is 10.1 Å². The van der Waals surface area contributed by atoms with E-state index in [1.165, 1.54) is 0 Å². The molecule has 82 valence electrons. The Bertz CT molecular complexity index is 400. The van der Waals surface area contributed by atoms with Crippen LogP contribution in [0.5, 0.6) is 5.75 Å². The highest BCUT2D eigenvalue weighted by Gasteiger charge is 2.26. The first-order chi connectivity index (χ1) is 6.97. The summed E-state index contributed by atoms with van der Waals surface area (Å²) < 4.78 is 24.7. The van der Waals surface area contributed by atoms with Gasteiger partial charge < -0.3 is 15.2 Å². The molecule has 0 atom stereocenters. The molecule has 0 aliphatic heterocycles. The fourth-order valence-electron chi connectivity index (χ4n) is 0.977. The largest absolute Gasteiger partial charge is 0.501 e. The summed E-state index contributed by atoms with van der Waals surface area (Å²) in [6.45, 7) is 0. The molecule has 0 saturated carbocycles. The number of alkyl halides is 3. The second kappa shape index (κ2) is 4.35. The van der Waals surface area contributed by atoms with E-state index in [9.17, 15) is 18.9 Å². The molecule has 0 bridgehead atoms. The molecule has 5 nitrogen and oxygen atoms in total. The summed E-state index contributed by atoms with van der Waals surface area (Å²) in [5.41, 5.74) is -0.913. The summed E-state index contributed by atoms with van der Waals surface area (Å²) in [6, 6.07) is 0.819. The maximum absolute atomic E-state index is 12.4. The molecule has 0 saturated heterocycles. The Labute approximate surface area is 87.5 Å². The lowest BCUT2D eigenvalue weighted by Crippen LogP contribution is -2.01. The zero-order valence-corrected chi connectivity index (χ0v) is 7.91. The third-order valence-electron chi connectivity index (χ3n) is 1.62. The Morgan fingerprint density at radius 1 is 1.67 bits per heavy atom. The Morgan fingerprint density at radius 2 is 2.27 bits per heavy atom. The van der Waals surface area contributed by atoms with E-state index in [0.717, 1.165) is 6.07 Å². The molecule has 15 heavy (non-hydrogen) atoms. The van der Waals surface area contributed by atoms with Gasteiger partial charge in [0.15, 0.2) is 0 Å². The van der Waals surface area contributed by atoms with E-state index in [4.69, 9.17) is 16.7 Å². The standard InChI is InChI=1S/C7H5ClF2N2O3/c8-2-3-1-4(13)7(12(14)15)11-5(3)6(9)10/h1,6,13H,2H2. The average Bonchev–Trinajstić information content (AvgIpc) is 2.16. The molecule has 1 heterocycles. The van der Waals surface area contributed by atoms with Gasteiger partial charge in [-0.3, -0.25) is 0 Å². The molecule has 0 aliphatic rings. The van der Waals surface area contributed by atoms with Crippen LogP contribution in [0.3, 0.4) is 0 Å². The van der Waals surface area contributed by atoms with Gasteiger partial charge in [0.05, 0.1) is 5.88 Å². The van der Waals surface area contributed by atoms with Crippen LogP contribution in [0.2, 0.25) is 0 Å². The fourth-order valence-corrected chi connectivity index (χ4v) is 1.19. The van der Waals surface area contributed by atoms with Gasteiger partial charge in [0.25, 0.3) is 0 Å². The predicted octanol–water partition coefficient (Wildman–Crippen LogP) is 2.37. The number of nitrogens with zero attached hydrogens (tertiary/aromatic N) is 2. The predicted molar refractivity (Wildman–Crippen MR) is 47.1 cm³/mol. The molecule has 0 radical (unpaired) electrons. The van der Waals surface area contributed by atoms with Gasteiger partial charge in [-0.15, -0.1) is 11.6 Å². The minimum absolute atomic E-state index is 0.130. The Balaban J connectivity index is 3.37. The Morgan fingerprint density at radius 3 is 2.67 bits per heavy atom. The highest BCUT2D eigenvalue weighted by atomic mass is 35.5. The molecule has 1 rings (SSSR count). The third-order valence-corrected chi connectivity index (χ3v) is 1.91. The van der Waals surface area contributed by atoms with E-state index in [2.05, 4.69) is 4.98 Å². The first-order valence-corrected chi connectivity index (χ1v) is 4.22. The van der Waals surface area contributed by atoms with Crippen molar-refractivity contribution in [3.05, 3.63) is 27.4 Å². The highest BCUT2D eigenvalue weighted by Crippen LogP contribution is 2.31. The first kappa shape index (κ1) is 11.6. The number of hydrogen-bond donors (Lipinski definition) is 1. The van der Waals surface area contributed by atoms with Gasteiger partial charge in [-0.1, -0.05) is 0 Å². The van der Waals surface area contributed by atoms with Crippen molar-refractivity contribution < 1.29 is 18.8 Å². The summed E-state index contributed by atoms with van der Waals surface area (Å²) in [7, 11) is 0. The minimum atomic E-state index is -2.97. The van der Waals surface area contributed by atoms with Gasteiger partial charge >= 0.3 is 12.2 Å². The molecular weight excluding hydrogens is 234 g/mol. The summed E-state index contributed by atoms with van der Waals surface area (Å²) in [4.78, 5) is 12.3. The van der Waals surface area contributed by atoms with Gasteiger partial charge in [0.1, 0.15) is 0 Å². The van der Waals surface area contributed by atoms with Crippen LogP contribution in [0.4, 0.5) is 14.6 Å². The SMILES string of the molecule is O=[N+]([O-])c1nc(C(F)F)c(CCl)cc1O. The maximum Gasteiger partial charge on any atom is 0.406 e. The van der Waals surface area contributed by atoms with Gasteiger partial charge in [0.2, 0.25) is 11.4 Å². The summed E-state index contributed by atoms with van der Waals surface area (Å²) >= 11 is 5.33. The lowest BCUT2D eigenvalue weighted by molar-refractivity contribution is -0.390. The van der Waals surface area contributed by atoms with Crippen LogP contribution in [0.25, 0.3) is 0 Å². The second-order valence-corrected chi connectivity index (χ2v) is 2.83. The van der Waals surface area contributed by atoms with Crippen LogP contribution in [-0.2, 0) is 5.88 Å². The van der Waals surface area contributed by atoms with Crippen molar-refractivity contribution in [2.24, 2.45) is 0 Å². The second-order valence-electron chi connectivity index (χ2n) is 2.57. The van der Waals surface area contributed by atoms with Crippen molar-refractivity contribution >= 4 is 17.4 Å². The van der Waals surface area contributed by atoms with Crippen LogP contribution in [0.1, 0.15) is 17.7 Å². The molecule has 0 aliphatic carbocycles. The van der Waals surface area contributed by atoms with Crippen molar-refractivity contribution in [1.82, 2.24) is 4.98 Å². The molecule has 0 spiro atoms.